The van der Waals surface area contributed by atoms with Crippen LogP contribution in [-0.2, 0) is 20.7 Å². The summed E-state index contributed by atoms with van der Waals surface area (Å²) >= 11 is 1.18. The highest BCUT2D eigenvalue weighted by molar-refractivity contribution is 7.17. The van der Waals surface area contributed by atoms with Crippen LogP contribution in [0.5, 0.6) is 0 Å². The molecule has 1 N–H and O–H groups in total. The molecule has 1 aliphatic rings. The van der Waals surface area contributed by atoms with Gasteiger partial charge in [-0.15, -0.1) is 11.3 Å². The van der Waals surface area contributed by atoms with Crippen LogP contribution >= 0.6 is 11.3 Å². The zero-order valence-corrected chi connectivity index (χ0v) is 17.0. The molecule has 154 valence electrons. The molecule has 1 aromatic carbocycles. The smallest absolute Gasteiger partial charge is 0.349 e. The average molecular weight is 427 g/mol. The van der Waals surface area contributed by atoms with Crippen molar-refractivity contribution in [3.05, 3.63) is 62.3 Å². The van der Waals surface area contributed by atoms with Gasteiger partial charge in [-0.1, -0.05) is 18.2 Å². The highest BCUT2D eigenvalue weighted by Gasteiger charge is 2.38. The van der Waals surface area contributed by atoms with Crippen LogP contribution in [-0.4, -0.2) is 32.1 Å². The predicted octanol–water partition coefficient (Wildman–Crippen LogP) is 3.10. The van der Waals surface area contributed by atoms with Gasteiger partial charge in [0.2, 0.25) is 0 Å². The lowest BCUT2D eigenvalue weighted by molar-refractivity contribution is -0.142. The molecule has 30 heavy (non-hydrogen) atoms. The molecule has 1 aliphatic carbocycles. The Kier molecular flexibility index (Phi) is 5.13. The fourth-order valence-electron chi connectivity index (χ4n) is 3.63. The first-order valence-electron chi connectivity index (χ1n) is 9.10. The molecule has 0 bridgehead atoms. The number of hydrogen-bond donors (Lipinski definition) is 1. The van der Waals surface area contributed by atoms with Crippen molar-refractivity contribution in [2.24, 2.45) is 0 Å². The summed E-state index contributed by atoms with van der Waals surface area (Å²) in [6.45, 7) is 0. The summed E-state index contributed by atoms with van der Waals surface area (Å²) in [6, 6.07) is 8.27. The number of benzene rings is 1. The van der Waals surface area contributed by atoms with Gasteiger partial charge >= 0.3 is 17.6 Å². The van der Waals surface area contributed by atoms with Crippen LogP contribution in [0.2, 0.25) is 0 Å². The number of hydrogen-bond acceptors (Lipinski definition) is 8. The van der Waals surface area contributed by atoms with E-state index >= 15 is 0 Å². The Morgan fingerprint density at radius 2 is 1.93 bits per heavy atom. The van der Waals surface area contributed by atoms with E-state index in [4.69, 9.17) is 13.9 Å². The van der Waals surface area contributed by atoms with Crippen LogP contribution in [0, 0.1) is 0 Å². The van der Waals surface area contributed by atoms with E-state index < -0.39 is 29.4 Å². The third kappa shape index (κ3) is 3.26. The van der Waals surface area contributed by atoms with Crippen LogP contribution in [0.25, 0.3) is 11.0 Å². The Balaban J connectivity index is 1.74. The molecule has 0 saturated carbocycles. The minimum absolute atomic E-state index is 0.115. The molecular weight excluding hydrogens is 410 g/mol. The number of anilines is 1. The third-order valence-electron chi connectivity index (χ3n) is 5.02. The van der Waals surface area contributed by atoms with Gasteiger partial charge in [-0.2, -0.15) is 0 Å². The van der Waals surface area contributed by atoms with Crippen LogP contribution in [0.15, 0.2) is 39.5 Å². The summed E-state index contributed by atoms with van der Waals surface area (Å²) in [5.74, 6) is -2.45. The van der Waals surface area contributed by atoms with E-state index in [2.05, 4.69) is 5.32 Å². The van der Waals surface area contributed by atoms with Crippen molar-refractivity contribution in [3.8, 4) is 0 Å². The number of carbonyl (C=O) groups excluding carboxylic acids is 3. The Morgan fingerprint density at radius 3 is 2.67 bits per heavy atom. The quantitative estimate of drug-likeness (QED) is 0.503. The number of carbonyl (C=O) groups is 3. The number of para-hydroxylation sites is 1. The van der Waals surface area contributed by atoms with Crippen molar-refractivity contribution in [1.29, 1.82) is 0 Å². The molecule has 0 saturated heterocycles. The van der Waals surface area contributed by atoms with E-state index in [1.807, 2.05) is 0 Å². The highest BCUT2D eigenvalue weighted by atomic mass is 32.1. The largest absolute Gasteiger partial charge is 0.469 e. The summed E-state index contributed by atoms with van der Waals surface area (Å²) in [4.78, 5) is 50.5. The minimum atomic E-state index is -0.789. The molecule has 1 atom stereocenters. The summed E-state index contributed by atoms with van der Waals surface area (Å²) < 4.78 is 14.9. The summed E-state index contributed by atoms with van der Waals surface area (Å²) in [7, 11) is 2.50. The van der Waals surface area contributed by atoms with Gasteiger partial charge in [0.05, 0.1) is 25.7 Å². The number of ether oxygens (including phenoxy) is 2. The molecule has 3 aromatic rings. The van der Waals surface area contributed by atoms with Gasteiger partial charge in [-0.05, 0) is 30.5 Å². The maximum Gasteiger partial charge on any atom is 0.349 e. The molecular formula is C21H17NO7S. The fraction of sp³-hybridized carbons (Fsp3) is 0.238. The molecule has 4 rings (SSSR count). The number of fused-ring (bicyclic) bond motifs is 2. The SMILES string of the molecule is COC(=O)c1c(NC(=O)c2cc3ccccc3oc2=O)sc2c1[C@@H](C(=O)OC)CC2. The molecule has 1 amide bonds. The topological polar surface area (TPSA) is 112 Å². The maximum absolute atomic E-state index is 12.8. The van der Waals surface area contributed by atoms with Gasteiger partial charge in [0.1, 0.15) is 16.1 Å². The normalized spacial score (nSPS) is 14.9. The molecule has 0 spiro atoms. The summed E-state index contributed by atoms with van der Waals surface area (Å²) in [5.41, 5.74) is 0.0127. The van der Waals surface area contributed by atoms with Crippen molar-refractivity contribution in [3.63, 3.8) is 0 Å². The van der Waals surface area contributed by atoms with Crippen LogP contribution in [0.3, 0.4) is 0 Å². The zero-order chi connectivity index (χ0) is 21.4. The Morgan fingerprint density at radius 1 is 1.17 bits per heavy atom. The molecule has 0 unspecified atom stereocenters. The second-order valence-electron chi connectivity index (χ2n) is 6.69. The number of amides is 1. The number of thiophene rings is 1. The second-order valence-corrected chi connectivity index (χ2v) is 7.79. The van der Waals surface area contributed by atoms with Gasteiger partial charge in [0, 0.05) is 10.3 Å². The van der Waals surface area contributed by atoms with Gasteiger partial charge in [-0.25, -0.2) is 9.59 Å². The maximum atomic E-state index is 12.8. The van der Waals surface area contributed by atoms with Gasteiger partial charge in [0.25, 0.3) is 5.91 Å². The molecule has 2 aromatic heterocycles. The van der Waals surface area contributed by atoms with E-state index in [1.165, 1.54) is 31.6 Å². The van der Waals surface area contributed by atoms with E-state index in [0.717, 1.165) is 4.88 Å². The Bertz CT molecular complexity index is 1240. The Hall–Kier alpha value is -3.46. The summed E-state index contributed by atoms with van der Waals surface area (Å²) in [6.07, 6.45) is 1.08. The van der Waals surface area contributed by atoms with E-state index in [1.54, 1.807) is 24.3 Å². The predicted molar refractivity (Wildman–Crippen MR) is 109 cm³/mol. The summed E-state index contributed by atoms with van der Waals surface area (Å²) in [5, 5.41) is 3.43. The molecule has 9 heteroatoms. The first kappa shape index (κ1) is 19.8. The second kappa shape index (κ2) is 7.75. The molecule has 2 heterocycles. The number of nitrogens with one attached hydrogen (secondary N) is 1. The highest BCUT2D eigenvalue weighted by Crippen LogP contribution is 2.46. The number of esters is 2. The standard InChI is InChI=1S/C21H17NO7S/c1-27-19(24)11-7-8-14-15(11)16(21(26)28-2)18(30-14)22-17(23)12-9-10-5-3-4-6-13(10)29-20(12)25/h3-6,9,11H,7-8H2,1-2H3,(H,22,23)/t11-/m0/s1. The molecule has 0 aliphatic heterocycles. The van der Waals surface area contributed by atoms with Crippen molar-refractivity contribution in [2.75, 3.05) is 19.5 Å². The van der Waals surface area contributed by atoms with E-state index in [0.29, 0.717) is 29.4 Å². The molecule has 0 radical (unpaired) electrons. The number of rotatable bonds is 4. The van der Waals surface area contributed by atoms with Crippen LogP contribution < -0.4 is 10.9 Å². The monoisotopic (exact) mass is 427 g/mol. The first-order chi connectivity index (χ1) is 14.4. The molecule has 0 fully saturated rings. The zero-order valence-electron chi connectivity index (χ0n) is 16.1. The molecule has 8 nitrogen and oxygen atoms in total. The van der Waals surface area contributed by atoms with Crippen LogP contribution in [0.4, 0.5) is 5.00 Å². The first-order valence-corrected chi connectivity index (χ1v) is 9.92. The fourth-order valence-corrected chi connectivity index (χ4v) is 4.89. The van der Waals surface area contributed by atoms with Crippen molar-refractivity contribution >= 4 is 45.2 Å². The van der Waals surface area contributed by atoms with Gasteiger partial charge in [0.15, 0.2) is 0 Å². The van der Waals surface area contributed by atoms with Gasteiger partial charge < -0.3 is 19.2 Å². The average Bonchev–Trinajstić information content (AvgIpc) is 3.30. The van der Waals surface area contributed by atoms with E-state index in [9.17, 15) is 19.2 Å². The van der Waals surface area contributed by atoms with Crippen molar-refractivity contribution in [2.45, 2.75) is 18.8 Å². The lowest BCUT2D eigenvalue weighted by atomic mass is 9.99. The number of aryl methyl sites for hydroxylation is 1. The lowest BCUT2D eigenvalue weighted by Crippen LogP contribution is -2.22. The third-order valence-corrected chi connectivity index (χ3v) is 6.20. The number of methoxy groups -OCH3 is 2. The minimum Gasteiger partial charge on any atom is -0.469 e. The van der Waals surface area contributed by atoms with Crippen molar-refractivity contribution < 1.29 is 28.3 Å². The lowest BCUT2D eigenvalue weighted by Gasteiger charge is -2.11. The van der Waals surface area contributed by atoms with Crippen LogP contribution in [0.1, 0.15) is 43.5 Å². The van der Waals surface area contributed by atoms with Crippen molar-refractivity contribution in [1.82, 2.24) is 0 Å². The van der Waals surface area contributed by atoms with E-state index in [-0.39, 0.29) is 16.1 Å². The van der Waals surface area contributed by atoms with Gasteiger partial charge in [-0.3, -0.25) is 9.59 Å². The Labute approximate surface area is 174 Å².